The summed E-state index contributed by atoms with van der Waals surface area (Å²) in [7, 11) is -1.27. The molecule has 0 saturated heterocycles. The largest absolute Gasteiger partial charge is 0.417 e. The van der Waals surface area contributed by atoms with Crippen molar-refractivity contribution in [2.75, 3.05) is 6.61 Å². The van der Waals surface area contributed by atoms with E-state index in [0.29, 0.717) is 0 Å². The molecule has 1 unspecified atom stereocenters. The maximum Gasteiger partial charge on any atom is 0.183 e. The van der Waals surface area contributed by atoms with Crippen LogP contribution < -0.4 is 0 Å². The minimum atomic E-state index is -1.27. The maximum atomic E-state index is 5.87. The third kappa shape index (κ3) is 6.86. The van der Waals surface area contributed by atoms with Gasteiger partial charge in [-0.15, -0.1) is 0 Å². The first-order chi connectivity index (χ1) is 5.49. The van der Waals surface area contributed by atoms with Crippen LogP contribution in [0.15, 0.2) is 0 Å². The number of rotatable bonds is 6. The summed E-state index contributed by atoms with van der Waals surface area (Å²) in [5.41, 5.74) is 0. The Kier molecular flexibility index (Phi) is 5.84. The summed E-state index contributed by atoms with van der Waals surface area (Å²) in [6, 6.07) is 0. The van der Waals surface area contributed by atoms with Gasteiger partial charge in [-0.05, 0) is 32.0 Å². The van der Waals surface area contributed by atoms with Gasteiger partial charge >= 0.3 is 0 Å². The van der Waals surface area contributed by atoms with Gasteiger partial charge in [0, 0.05) is 6.61 Å². The Morgan fingerprint density at radius 2 is 1.75 bits per heavy atom. The summed E-state index contributed by atoms with van der Waals surface area (Å²) in [6.45, 7) is 12.3. The van der Waals surface area contributed by atoms with Crippen LogP contribution in [0.25, 0.3) is 0 Å². The second-order valence-electron chi connectivity index (χ2n) is 4.49. The first kappa shape index (κ1) is 12.2. The van der Waals surface area contributed by atoms with Crippen molar-refractivity contribution in [3.8, 4) is 0 Å². The molecule has 0 aliphatic heterocycles. The van der Waals surface area contributed by atoms with Crippen molar-refractivity contribution in [2.45, 2.75) is 52.8 Å². The third-order valence-electron chi connectivity index (χ3n) is 2.03. The molecule has 0 rings (SSSR count). The fourth-order valence-corrected chi connectivity index (χ4v) is 1.92. The lowest BCUT2D eigenvalue weighted by Gasteiger charge is -2.21. The first-order valence-corrected chi connectivity index (χ1v) is 8.54. The molecule has 1 atom stereocenters. The Labute approximate surface area is 78.6 Å². The second kappa shape index (κ2) is 5.76. The van der Waals surface area contributed by atoms with Gasteiger partial charge in [0.15, 0.2) is 8.32 Å². The van der Waals surface area contributed by atoms with E-state index in [1.165, 1.54) is 19.3 Å². The Balaban J connectivity index is 3.58. The molecule has 0 aromatic rings. The fraction of sp³-hybridized carbons (Fsp3) is 1.00. The van der Waals surface area contributed by atoms with Gasteiger partial charge in [-0.2, -0.15) is 0 Å². The smallest absolute Gasteiger partial charge is 0.183 e. The van der Waals surface area contributed by atoms with Crippen molar-refractivity contribution in [2.24, 2.45) is 5.92 Å². The molecule has 1 nitrogen and oxygen atoms in total. The Morgan fingerprint density at radius 3 is 2.08 bits per heavy atom. The topological polar surface area (TPSA) is 9.23 Å². The zero-order valence-electron chi connectivity index (χ0n) is 9.31. The molecule has 0 saturated carbocycles. The van der Waals surface area contributed by atoms with E-state index in [1.807, 2.05) is 0 Å². The molecule has 12 heavy (non-hydrogen) atoms. The Hall–Kier alpha value is 0.177. The minimum Gasteiger partial charge on any atom is -0.417 e. The predicted molar refractivity (Wildman–Crippen MR) is 58.0 cm³/mol. The highest BCUT2D eigenvalue weighted by atomic mass is 28.4. The molecule has 0 N–H and O–H groups in total. The van der Waals surface area contributed by atoms with Crippen molar-refractivity contribution in [1.29, 1.82) is 0 Å². The predicted octanol–water partition coefficient (Wildman–Crippen LogP) is 3.66. The first-order valence-electron chi connectivity index (χ1n) is 5.13. The number of hydrogen-bond acceptors (Lipinski definition) is 1. The van der Waals surface area contributed by atoms with E-state index >= 15 is 0 Å². The molecule has 0 aliphatic carbocycles. The maximum absolute atomic E-state index is 5.87. The summed E-state index contributed by atoms with van der Waals surface area (Å²) in [4.78, 5) is 0. The number of hydrogen-bond donors (Lipinski definition) is 0. The minimum absolute atomic E-state index is 0.793. The van der Waals surface area contributed by atoms with Gasteiger partial charge in [-0.1, -0.05) is 26.7 Å². The lowest BCUT2D eigenvalue weighted by molar-refractivity contribution is 0.229. The molecule has 0 aromatic carbocycles. The van der Waals surface area contributed by atoms with Crippen LogP contribution in [0.3, 0.4) is 0 Å². The molecule has 0 aromatic heterocycles. The van der Waals surface area contributed by atoms with E-state index in [4.69, 9.17) is 4.43 Å². The van der Waals surface area contributed by atoms with E-state index in [9.17, 15) is 0 Å². The highest BCUT2D eigenvalue weighted by molar-refractivity contribution is 6.69. The van der Waals surface area contributed by atoms with Crippen LogP contribution in [0.1, 0.15) is 33.1 Å². The monoisotopic (exact) mass is 188 g/mol. The molecule has 0 spiro atoms. The quantitative estimate of drug-likeness (QED) is 0.578. The fourth-order valence-electron chi connectivity index (χ4n) is 1.18. The summed E-state index contributed by atoms with van der Waals surface area (Å²) in [5.74, 6) is 0.793. The van der Waals surface area contributed by atoms with Crippen molar-refractivity contribution < 1.29 is 4.43 Å². The van der Waals surface area contributed by atoms with Gasteiger partial charge in [0.1, 0.15) is 0 Å². The normalized spacial score (nSPS) is 14.8. The highest BCUT2D eigenvalue weighted by Crippen LogP contribution is 2.14. The lowest BCUT2D eigenvalue weighted by Crippen LogP contribution is -2.28. The zero-order chi connectivity index (χ0) is 9.61. The lowest BCUT2D eigenvalue weighted by atomic mass is 10.0. The molecule has 0 heterocycles. The van der Waals surface area contributed by atoms with E-state index in [1.54, 1.807) is 0 Å². The van der Waals surface area contributed by atoms with Crippen molar-refractivity contribution in [1.82, 2.24) is 0 Å². The van der Waals surface area contributed by atoms with Crippen molar-refractivity contribution >= 4 is 8.32 Å². The van der Waals surface area contributed by atoms with Gasteiger partial charge in [-0.25, -0.2) is 0 Å². The molecule has 0 bridgehead atoms. The molecule has 0 radical (unpaired) electrons. The van der Waals surface area contributed by atoms with Gasteiger partial charge in [0.05, 0.1) is 0 Å². The van der Waals surface area contributed by atoms with Crippen LogP contribution in [0.4, 0.5) is 0 Å². The standard InChI is InChI=1S/C10H24OSi/c1-6-8-10(7-2)9-11-12(3,4)5/h10H,6-9H2,1-5H3. The Bertz CT molecular complexity index is 107. The summed E-state index contributed by atoms with van der Waals surface area (Å²) in [5, 5.41) is 0. The van der Waals surface area contributed by atoms with E-state index in [2.05, 4.69) is 33.5 Å². The highest BCUT2D eigenvalue weighted by Gasteiger charge is 2.16. The van der Waals surface area contributed by atoms with Gasteiger partial charge in [0.25, 0.3) is 0 Å². The molecular weight excluding hydrogens is 164 g/mol. The van der Waals surface area contributed by atoms with Crippen molar-refractivity contribution in [3.63, 3.8) is 0 Å². The van der Waals surface area contributed by atoms with Gasteiger partial charge in [-0.3, -0.25) is 0 Å². The van der Waals surface area contributed by atoms with Crippen molar-refractivity contribution in [3.05, 3.63) is 0 Å². The van der Waals surface area contributed by atoms with Gasteiger partial charge < -0.3 is 4.43 Å². The van der Waals surface area contributed by atoms with E-state index < -0.39 is 8.32 Å². The Morgan fingerprint density at radius 1 is 1.17 bits per heavy atom. The molecular formula is C10H24OSi. The zero-order valence-corrected chi connectivity index (χ0v) is 10.3. The third-order valence-corrected chi connectivity index (χ3v) is 3.06. The van der Waals surface area contributed by atoms with Crippen LogP contribution in [-0.4, -0.2) is 14.9 Å². The van der Waals surface area contributed by atoms with E-state index in [0.717, 1.165) is 12.5 Å². The second-order valence-corrected chi connectivity index (χ2v) is 9.00. The average molecular weight is 188 g/mol. The summed E-state index contributed by atoms with van der Waals surface area (Å²) in [6.07, 6.45) is 3.87. The summed E-state index contributed by atoms with van der Waals surface area (Å²) >= 11 is 0. The van der Waals surface area contributed by atoms with Gasteiger partial charge in [0.2, 0.25) is 0 Å². The molecule has 74 valence electrons. The SMILES string of the molecule is CCCC(CC)CO[Si](C)(C)C. The average Bonchev–Trinajstić information content (AvgIpc) is 1.96. The van der Waals surface area contributed by atoms with Crippen LogP contribution in [0, 0.1) is 5.92 Å². The van der Waals surface area contributed by atoms with Crippen LogP contribution >= 0.6 is 0 Å². The molecule has 2 heteroatoms. The summed E-state index contributed by atoms with van der Waals surface area (Å²) < 4.78 is 5.87. The molecule has 0 amide bonds. The van der Waals surface area contributed by atoms with Crippen LogP contribution in [0.5, 0.6) is 0 Å². The van der Waals surface area contributed by atoms with Crippen LogP contribution in [0.2, 0.25) is 19.6 Å². The molecule has 0 aliphatic rings. The molecule has 0 fully saturated rings. The van der Waals surface area contributed by atoms with E-state index in [-0.39, 0.29) is 0 Å². The van der Waals surface area contributed by atoms with Crippen LogP contribution in [-0.2, 0) is 4.43 Å².